The van der Waals surface area contributed by atoms with Gasteiger partial charge in [0.1, 0.15) is 18.5 Å². The molecular weight excluding hydrogens is 452 g/mol. The summed E-state index contributed by atoms with van der Waals surface area (Å²) >= 11 is 0. The SMILES string of the molecule is COc1cc(CCC(C)=O)ccc1OCC1CN(C(=O)c2cccc3c2OC(F)(F)O3)CCO1. The van der Waals surface area contributed by atoms with Gasteiger partial charge in [-0.3, -0.25) is 4.79 Å². The molecule has 2 aromatic rings. The van der Waals surface area contributed by atoms with E-state index in [1.54, 1.807) is 13.0 Å². The van der Waals surface area contributed by atoms with Crippen molar-refractivity contribution in [2.45, 2.75) is 32.2 Å². The molecule has 1 unspecified atom stereocenters. The van der Waals surface area contributed by atoms with Gasteiger partial charge in [0.25, 0.3) is 5.91 Å². The van der Waals surface area contributed by atoms with E-state index in [-0.39, 0.29) is 42.6 Å². The number of carbonyl (C=O) groups is 2. The maximum Gasteiger partial charge on any atom is 0.586 e. The van der Waals surface area contributed by atoms with Gasteiger partial charge < -0.3 is 33.4 Å². The molecule has 0 bridgehead atoms. The Morgan fingerprint density at radius 2 is 2.00 bits per heavy atom. The monoisotopic (exact) mass is 477 g/mol. The first kappa shape index (κ1) is 23.7. The van der Waals surface area contributed by atoms with Crippen LogP contribution in [0.25, 0.3) is 0 Å². The number of hydrogen-bond acceptors (Lipinski definition) is 7. The van der Waals surface area contributed by atoms with E-state index in [0.29, 0.717) is 30.9 Å². The molecule has 0 radical (unpaired) electrons. The highest BCUT2D eigenvalue weighted by atomic mass is 19.3. The first-order chi connectivity index (χ1) is 16.3. The molecule has 1 atom stereocenters. The molecule has 10 heteroatoms. The zero-order valence-corrected chi connectivity index (χ0v) is 18.8. The van der Waals surface area contributed by atoms with Crippen LogP contribution in [0.15, 0.2) is 36.4 Å². The third kappa shape index (κ3) is 5.39. The van der Waals surface area contributed by atoms with Gasteiger partial charge >= 0.3 is 6.29 Å². The van der Waals surface area contributed by atoms with E-state index in [4.69, 9.17) is 14.2 Å². The Morgan fingerprint density at radius 3 is 2.76 bits per heavy atom. The third-order valence-electron chi connectivity index (χ3n) is 5.50. The van der Waals surface area contributed by atoms with Crippen molar-refractivity contribution in [2.24, 2.45) is 0 Å². The van der Waals surface area contributed by atoms with E-state index >= 15 is 0 Å². The van der Waals surface area contributed by atoms with Gasteiger partial charge in [-0.25, -0.2) is 0 Å². The normalized spacial score (nSPS) is 18.5. The second-order valence-corrected chi connectivity index (χ2v) is 8.04. The first-order valence-corrected chi connectivity index (χ1v) is 10.8. The second-order valence-electron chi connectivity index (χ2n) is 8.04. The van der Waals surface area contributed by atoms with Crippen LogP contribution >= 0.6 is 0 Å². The minimum Gasteiger partial charge on any atom is -0.493 e. The Morgan fingerprint density at radius 1 is 1.18 bits per heavy atom. The third-order valence-corrected chi connectivity index (χ3v) is 5.50. The number of nitrogens with zero attached hydrogens (tertiary/aromatic N) is 1. The first-order valence-electron chi connectivity index (χ1n) is 10.8. The van der Waals surface area contributed by atoms with Crippen LogP contribution in [0.1, 0.15) is 29.3 Å². The van der Waals surface area contributed by atoms with Gasteiger partial charge in [0.2, 0.25) is 0 Å². The fraction of sp³-hybridized carbons (Fsp3) is 0.417. The summed E-state index contributed by atoms with van der Waals surface area (Å²) in [4.78, 5) is 25.8. The number of fused-ring (bicyclic) bond motifs is 1. The van der Waals surface area contributed by atoms with Gasteiger partial charge in [-0.2, -0.15) is 0 Å². The molecule has 34 heavy (non-hydrogen) atoms. The minimum absolute atomic E-state index is 0.000868. The fourth-order valence-electron chi connectivity index (χ4n) is 3.80. The lowest BCUT2D eigenvalue weighted by molar-refractivity contribution is -0.286. The molecule has 0 N–H and O–H groups in total. The Bertz CT molecular complexity index is 1080. The molecule has 0 aromatic heterocycles. The van der Waals surface area contributed by atoms with Gasteiger partial charge in [-0.05, 0) is 43.2 Å². The zero-order chi connectivity index (χ0) is 24.3. The van der Waals surface area contributed by atoms with Crippen LogP contribution in [-0.2, 0) is 16.0 Å². The lowest BCUT2D eigenvalue weighted by Gasteiger charge is -2.33. The van der Waals surface area contributed by atoms with Crippen molar-refractivity contribution in [3.63, 3.8) is 0 Å². The Hall–Kier alpha value is -3.40. The second kappa shape index (κ2) is 9.84. The highest BCUT2D eigenvalue weighted by Gasteiger charge is 2.45. The summed E-state index contributed by atoms with van der Waals surface area (Å²) in [6.45, 7) is 2.47. The van der Waals surface area contributed by atoms with Gasteiger partial charge in [0.15, 0.2) is 23.0 Å². The molecule has 2 heterocycles. The number of halogens is 2. The molecule has 1 amide bonds. The summed E-state index contributed by atoms with van der Waals surface area (Å²) in [6, 6.07) is 9.66. The number of rotatable bonds is 8. The number of methoxy groups -OCH3 is 1. The number of carbonyl (C=O) groups excluding carboxylic acids is 2. The van der Waals surface area contributed by atoms with Gasteiger partial charge in [0.05, 0.1) is 25.8 Å². The van der Waals surface area contributed by atoms with E-state index in [9.17, 15) is 18.4 Å². The fourth-order valence-corrected chi connectivity index (χ4v) is 3.80. The lowest BCUT2D eigenvalue weighted by atomic mass is 10.1. The number of Topliss-reactive ketones (excluding diaryl/α,β-unsaturated/α-hetero) is 1. The number of ketones is 1. The van der Waals surface area contributed by atoms with Crippen molar-refractivity contribution in [1.82, 2.24) is 4.90 Å². The molecule has 182 valence electrons. The summed E-state index contributed by atoms with van der Waals surface area (Å²) in [7, 11) is 1.53. The summed E-state index contributed by atoms with van der Waals surface area (Å²) in [5, 5.41) is 0. The van der Waals surface area contributed by atoms with Crippen LogP contribution in [0.4, 0.5) is 8.78 Å². The van der Waals surface area contributed by atoms with Crippen molar-refractivity contribution in [2.75, 3.05) is 33.4 Å². The van der Waals surface area contributed by atoms with Crippen LogP contribution in [-0.4, -0.2) is 62.4 Å². The maximum absolute atomic E-state index is 13.5. The van der Waals surface area contributed by atoms with E-state index in [1.165, 1.54) is 30.2 Å². The van der Waals surface area contributed by atoms with Crippen LogP contribution < -0.4 is 18.9 Å². The number of alkyl halides is 2. The number of ether oxygens (including phenoxy) is 5. The summed E-state index contributed by atoms with van der Waals surface area (Å²) in [5.74, 6) is 0.242. The standard InChI is InChI=1S/C24H25F2NO7/c1-15(28)6-7-16-8-9-19(21(12-16)30-2)32-14-17-13-27(10-11-31-17)23(29)18-4-3-5-20-22(18)34-24(25,26)33-20/h3-5,8-9,12,17H,6-7,10-11,13-14H2,1-2H3. The molecule has 8 nitrogen and oxygen atoms in total. The predicted octanol–water partition coefficient (Wildman–Crippen LogP) is 3.46. The Kier molecular flexibility index (Phi) is 6.87. The summed E-state index contributed by atoms with van der Waals surface area (Å²) < 4.78 is 53.0. The molecular formula is C24H25F2NO7. The quantitative estimate of drug-likeness (QED) is 0.576. The minimum atomic E-state index is -3.80. The average Bonchev–Trinajstić information content (AvgIpc) is 3.15. The van der Waals surface area contributed by atoms with Gasteiger partial charge in [-0.1, -0.05) is 12.1 Å². The van der Waals surface area contributed by atoms with Crippen LogP contribution in [0.5, 0.6) is 23.0 Å². The van der Waals surface area contributed by atoms with Gasteiger partial charge in [-0.15, -0.1) is 8.78 Å². The average molecular weight is 477 g/mol. The van der Waals surface area contributed by atoms with Crippen LogP contribution in [0, 0.1) is 0 Å². The molecule has 2 aliphatic rings. The largest absolute Gasteiger partial charge is 0.586 e. The van der Waals surface area contributed by atoms with Crippen molar-refractivity contribution < 1.29 is 42.1 Å². The van der Waals surface area contributed by atoms with E-state index in [0.717, 1.165) is 5.56 Å². The maximum atomic E-state index is 13.5. The molecule has 0 aliphatic carbocycles. The highest BCUT2D eigenvalue weighted by Crippen LogP contribution is 2.43. The van der Waals surface area contributed by atoms with Crippen molar-refractivity contribution in [3.8, 4) is 23.0 Å². The summed E-state index contributed by atoms with van der Waals surface area (Å²) in [5.41, 5.74) is 0.955. The van der Waals surface area contributed by atoms with Crippen LogP contribution in [0.3, 0.4) is 0 Å². The molecule has 0 saturated carbocycles. The van der Waals surface area contributed by atoms with Crippen LogP contribution in [0.2, 0.25) is 0 Å². The highest BCUT2D eigenvalue weighted by molar-refractivity contribution is 5.98. The molecule has 2 aliphatic heterocycles. The summed E-state index contributed by atoms with van der Waals surface area (Å²) in [6.07, 6.45) is -3.18. The number of para-hydroxylation sites is 1. The van der Waals surface area contributed by atoms with E-state index in [1.807, 2.05) is 12.1 Å². The number of morpholine rings is 1. The van der Waals surface area contributed by atoms with Crippen molar-refractivity contribution in [1.29, 1.82) is 0 Å². The molecule has 4 rings (SSSR count). The van der Waals surface area contributed by atoms with Crippen molar-refractivity contribution >= 4 is 11.7 Å². The molecule has 0 spiro atoms. The van der Waals surface area contributed by atoms with E-state index < -0.39 is 18.3 Å². The number of benzene rings is 2. The number of amides is 1. The lowest BCUT2D eigenvalue weighted by Crippen LogP contribution is -2.47. The topological polar surface area (TPSA) is 83.5 Å². The van der Waals surface area contributed by atoms with Gasteiger partial charge in [0, 0.05) is 13.0 Å². The number of aryl methyl sites for hydroxylation is 1. The molecule has 2 aromatic carbocycles. The Labute approximate surface area is 195 Å². The van der Waals surface area contributed by atoms with E-state index in [2.05, 4.69) is 9.47 Å². The van der Waals surface area contributed by atoms with Crippen molar-refractivity contribution in [3.05, 3.63) is 47.5 Å². The smallest absolute Gasteiger partial charge is 0.493 e. The zero-order valence-electron chi connectivity index (χ0n) is 18.8. The molecule has 1 fully saturated rings. The molecule has 1 saturated heterocycles. The Balaban J connectivity index is 1.39. The number of hydrogen-bond donors (Lipinski definition) is 0. The predicted molar refractivity (Wildman–Crippen MR) is 116 cm³/mol.